The highest BCUT2D eigenvalue weighted by Crippen LogP contribution is 2.33. The molecule has 2 heterocycles. The average Bonchev–Trinajstić information content (AvgIpc) is 3.17. The van der Waals surface area contributed by atoms with Gasteiger partial charge < -0.3 is 4.74 Å². The number of hydrogen-bond acceptors (Lipinski definition) is 3. The minimum absolute atomic E-state index is 0.390. The second-order valence-corrected chi connectivity index (χ2v) is 5.99. The van der Waals surface area contributed by atoms with Gasteiger partial charge >= 0.3 is 12.1 Å². The molecule has 0 atom stereocenters. The van der Waals surface area contributed by atoms with Crippen LogP contribution in [0.15, 0.2) is 30.6 Å². The molecule has 30 heavy (non-hydrogen) atoms. The minimum atomic E-state index is -4.75. The second-order valence-electron chi connectivity index (χ2n) is 5.58. The van der Waals surface area contributed by atoms with E-state index in [1.54, 1.807) is 0 Å². The number of pyridine rings is 1. The van der Waals surface area contributed by atoms with Gasteiger partial charge in [0.1, 0.15) is 5.69 Å². The van der Waals surface area contributed by atoms with Gasteiger partial charge in [0.25, 0.3) is 0 Å². The lowest BCUT2D eigenvalue weighted by molar-refractivity contribution is -0.137. The van der Waals surface area contributed by atoms with E-state index in [1.165, 1.54) is 6.07 Å². The van der Waals surface area contributed by atoms with Crippen molar-refractivity contribution in [3.8, 4) is 11.6 Å². The van der Waals surface area contributed by atoms with E-state index in [2.05, 4.69) is 9.72 Å². The first kappa shape index (κ1) is 21.6. The maximum absolute atomic E-state index is 13.7. The summed E-state index contributed by atoms with van der Waals surface area (Å²) in [6.07, 6.45) is -3.24. The molecule has 0 spiro atoms. The number of carbonyl (C=O) groups excluding carboxylic acids is 1. The van der Waals surface area contributed by atoms with Gasteiger partial charge in [-0.05, 0) is 18.2 Å². The molecule has 0 saturated carbocycles. The first-order valence-electron chi connectivity index (χ1n) is 7.57. The van der Waals surface area contributed by atoms with E-state index in [4.69, 9.17) is 11.6 Å². The zero-order valence-corrected chi connectivity index (χ0v) is 14.8. The van der Waals surface area contributed by atoms with Crippen molar-refractivity contribution in [3.05, 3.63) is 76.0 Å². The Balaban J connectivity index is 2.00. The van der Waals surface area contributed by atoms with Gasteiger partial charge in [-0.15, -0.1) is 0 Å². The number of benzene rings is 1. The molecule has 0 radical (unpaired) electrons. The lowest BCUT2D eigenvalue weighted by atomic mass is 10.2. The Morgan fingerprint density at radius 3 is 2.10 bits per heavy atom. The maximum atomic E-state index is 13.7. The Hall–Kier alpha value is -3.15. The van der Waals surface area contributed by atoms with Crippen molar-refractivity contribution in [1.29, 1.82) is 0 Å². The number of aromatic nitrogens is 2. The van der Waals surface area contributed by atoms with Crippen LogP contribution in [0.25, 0.3) is 5.82 Å². The van der Waals surface area contributed by atoms with Gasteiger partial charge in [0.15, 0.2) is 5.82 Å². The molecule has 0 bridgehead atoms. The summed E-state index contributed by atoms with van der Waals surface area (Å²) in [6.45, 7) is 0. The van der Waals surface area contributed by atoms with Crippen molar-refractivity contribution in [2.24, 2.45) is 0 Å². The summed E-state index contributed by atoms with van der Waals surface area (Å²) < 4.78 is 110. The van der Waals surface area contributed by atoms with E-state index < -0.39 is 63.3 Å². The number of nitrogens with zero attached hydrogens (tertiary/aromatic N) is 2. The van der Waals surface area contributed by atoms with Gasteiger partial charge in [0, 0.05) is 12.4 Å². The molecule has 0 aliphatic rings. The summed E-state index contributed by atoms with van der Waals surface area (Å²) in [5, 5.41) is -0.550. The zero-order valence-electron chi connectivity index (χ0n) is 14.0. The summed E-state index contributed by atoms with van der Waals surface area (Å²) in [5.41, 5.74) is -1.76. The molecule has 13 heteroatoms. The van der Waals surface area contributed by atoms with Crippen LogP contribution in [0.5, 0.6) is 5.75 Å². The van der Waals surface area contributed by atoms with Crippen LogP contribution in [-0.4, -0.2) is 15.5 Å². The molecule has 0 aliphatic heterocycles. The van der Waals surface area contributed by atoms with Gasteiger partial charge in [0.05, 0.1) is 10.6 Å². The van der Waals surface area contributed by atoms with Crippen LogP contribution in [0.3, 0.4) is 0 Å². The molecule has 0 amide bonds. The molecule has 0 N–H and O–H groups in total. The van der Waals surface area contributed by atoms with Crippen LogP contribution in [0.2, 0.25) is 5.02 Å². The number of carbonyl (C=O) groups is 1. The SMILES string of the molecule is O=C(Oc1c(F)c(F)c(F)c(F)c1F)c1cccn1-c1ncc(C(F)(F)F)cc1Cl. The fourth-order valence-corrected chi connectivity index (χ4v) is 2.57. The Bertz CT molecular complexity index is 1130. The molecule has 0 saturated heterocycles. The molecule has 3 aromatic rings. The third-order valence-corrected chi connectivity index (χ3v) is 3.98. The fourth-order valence-electron chi connectivity index (χ4n) is 2.31. The van der Waals surface area contributed by atoms with Gasteiger partial charge in [-0.3, -0.25) is 4.57 Å². The van der Waals surface area contributed by atoms with Crippen LogP contribution >= 0.6 is 11.6 Å². The fraction of sp³-hybridized carbons (Fsp3) is 0.0588. The third kappa shape index (κ3) is 3.70. The van der Waals surface area contributed by atoms with Crippen LogP contribution in [0, 0.1) is 29.1 Å². The smallest absolute Gasteiger partial charge is 0.415 e. The molecule has 0 unspecified atom stereocenters. The largest absolute Gasteiger partial charge is 0.417 e. The van der Waals surface area contributed by atoms with Gasteiger partial charge in [-0.2, -0.15) is 22.0 Å². The first-order chi connectivity index (χ1) is 13.9. The number of halogens is 9. The Morgan fingerprint density at radius 1 is 1.00 bits per heavy atom. The van der Waals surface area contributed by atoms with E-state index in [-0.39, 0.29) is 5.82 Å². The number of hydrogen-bond donors (Lipinski definition) is 0. The highest BCUT2D eigenvalue weighted by Gasteiger charge is 2.32. The maximum Gasteiger partial charge on any atom is 0.417 e. The molecule has 3 rings (SSSR count). The van der Waals surface area contributed by atoms with Crippen LogP contribution in [0.4, 0.5) is 35.1 Å². The predicted molar refractivity (Wildman–Crippen MR) is 84.8 cm³/mol. The second kappa shape index (κ2) is 7.59. The molecular formula is C17H5ClF8N2O2. The number of rotatable bonds is 3. The van der Waals surface area contributed by atoms with E-state index in [0.717, 1.165) is 16.8 Å². The van der Waals surface area contributed by atoms with Gasteiger partial charge in [-0.25, -0.2) is 22.9 Å². The first-order valence-corrected chi connectivity index (χ1v) is 7.95. The van der Waals surface area contributed by atoms with Crippen molar-refractivity contribution < 1.29 is 44.7 Å². The standard InChI is InChI=1S/C17H5ClF8N2O2/c18-7-4-6(17(24,25)26)5-27-15(7)28-3-1-2-8(28)16(29)30-14-12(22)10(20)9(19)11(21)13(14)23/h1-5H. The monoisotopic (exact) mass is 456 g/mol. The Morgan fingerprint density at radius 2 is 1.57 bits per heavy atom. The van der Waals surface area contributed by atoms with Crippen molar-refractivity contribution in [2.45, 2.75) is 6.18 Å². The van der Waals surface area contributed by atoms with E-state index in [1.807, 2.05) is 0 Å². The minimum Gasteiger partial charge on any atom is -0.415 e. The lowest BCUT2D eigenvalue weighted by Gasteiger charge is -2.13. The molecular weight excluding hydrogens is 452 g/mol. The third-order valence-electron chi connectivity index (χ3n) is 3.70. The topological polar surface area (TPSA) is 44.1 Å². The molecule has 1 aromatic carbocycles. The molecule has 2 aromatic heterocycles. The molecule has 158 valence electrons. The van der Waals surface area contributed by atoms with Crippen LogP contribution in [0.1, 0.15) is 16.1 Å². The predicted octanol–water partition coefficient (Wildman–Crippen LogP) is 5.46. The van der Waals surface area contributed by atoms with E-state index >= 15 is 0 Å². The van der Waals surface area contributed by atoms with E-state index in [9.17, 15) is 39.9 Å². The van der Waals surface area contributed by atoms with Crippen LogP contribution in [-0.2, 0) is 6.18 Å². The highest BCUT2D eigenvalue weighted by atomic mass is 35.5. The molecule has 4 nitrogen and oxygen atoms in total. The van der Waals surface area contributed by atoms with Gasteiger partial charge in [-0.1, -0.05) is 11.6 Å². The average molecular weight is 457 g/mol. The van der Waals surface area contributed by atoms with E-state index in [0.29, 0.717) is 12.3 Å². The quantitative estimate of drug-likeness (QED) is 0.173. The molecule has 0 fully saturated rings. The summed E-state index contributed by atoms with van der Waals surface area (Å²) in [7, 11) is 0. The number of alkyl halides is 3. The van der Waals surface area contributed by atoms with Crippen LogP contribution < -0.4 is 4.74 Å². The Labute approximate surface area is 166 Å². The van der Waals surface area contributed by atoms with Crippen molar-refractivity contribution in [3.63, 3.8) is 0 Å². The van der Waals surface area contributed by atoms with Crippen molar-refractivity contribution >= 4 is 17.6 Å². The zero-order chi connectivity index (χ0) is 22.4. The van der Waals surface area contributed by atoms with Gasteiger partial charge in [0.2, 0.25) is 34.8 Å². The normalized spacial score (nSPS) is 11.6. The number of ether oxygens (including phenoxy) is 1. The number of esters is 1. The van der Waals surface area contributed by atoms with Crippen molar-refractivity contribution in [2.75, 3.05) is 0 Å². The molecule has 0 aliphatic carbocycles. The summed E-state index contributed by atoms with van der Waals surface area (Å²) >= 11 is 5.78. The summed E-state index contributed by atoms with van der Waals surface area (Å²) in [4.78, 5) is 15.8. The lowest BCUT2D eigenvalue weighted by Crippen LogP contribution is -2.17. The summed E-state index contributed by atoms with van der Waals surface area (Å²) in [5.74, 6) is -15.7. The Kier molecular flexibility index (Phi) is 5.46. The highest BCUT2D eigenvalue weighted by molar-refractivity contribution is 6.32. The van der Waals surface area contributed by atoms with Crippen molar-refractivity contribution in [1.82, 2.24) is 9.55 Å². The summed E-state index contributed by atoms with van der Waals surface area (Å²) in [6, 6.07) is 2.68.